The molecule has 0 saturated carbocycles. The molecule has 1 nitrogen and oxygen atoms in total. The van der Waals surface area contributed by atoms with Gasteiger partial charge in [0.1, 0.15) is 0 Å². The van der Waals surface area contributed by atoms with Gasteiger partial charge in [-0.3, -0.25) is 0 Å². The molecule has 0 aliphatic carbocycles. The van der Waals surface area contributed by atoms with Crippen LogP contribution in [-0.4, -0.2) is 12.5 Å². The highest BCUT2D eigenvalue weighted by atomic mass is 35.5. The topological polar surface area (TPSA) is 12.0 Å². The first kappa shape index (κ1) is 11.5. The molecule has 0 bridgehead atoms. The predicted molar refractivity (Wildman–Crippen MR) is 63.1 cm³/mol. The summed E-state index contributed by atoms with van der Waals surface area (Å²) in [6.07, 6.45) is 1.06. The number of alkyl halides is 1. The summed E-state index contributed by atoms with van der Waals surface area (Å²) in [5.74, 6) is 0. The van der Waals surface area contributed by atoms with Gasteiger partial charge in [-0.2, -0.15) is 0 Å². The van der Waals surface area contributed by atoms with Crippen LogP contribution in [-0.2, 0) is 6.42 Å². The highest BCUT2D eigenvalue weighted by Gasteiger charge is 2.01. The van der Waals surface area contributed by atoms with Gasteiger partial charge in [-0.1, -0.05) is 12.1 Å². The minimum absolute atomic E-state index is 0.532. The normalized spacial score (nSPS) is 10.6. The fourth-order valence-corrected chi connectivity index (χ4v) is 1.71. The maximum Gasteiger partial charge on any atom is 0.0713 e. The lowest BCUT2D eigenvalue weighted by molar-refractivity contribution is 0.767. The molecular weight excluding hydrogens is 194 g/mol. The molecule has 0 aliphatic rings. The van der Waals surface area contributed by atoms with Gasteiger partial charge in [0.2, 0.25) is 0 Å². The van der Waals surface area contributed by atoms with E-state index in [0.717, 1.165) is 13.0 Å². The molecule has 0 aliphatic heterocycles. The van der Waals surface area contributed by atoms with Crippen LogP contribution in [0.2, 0.25) is 0 Å². The number of rotatable bonds is 4. The van der Waals surface area contributed by atoms with Crippen LogP contribution in [0.1, 0.15) is 22.3 Å². The largest absolute Gasteiger partial charge is 0.304 e. The van der Waals surface area contributed by atoms with Crippen LogP contribution in [0.25, 0.3) is 0 Å². The Morgan fingerprint density at radius 3 is 2.36 bits per heavy atom. The number of hydrogen-bond donors (Lipinski definition) is 1. The van der Waals surface area contributed by atoms with E-state index >= 15 is 0 Å². The zero-order valence-corrected chi connectivity index (χ0v) is 9.91. The van der Waals surface area contributed by atoms with Crippen LogP contribution >= 0.6 is 11.6 Å². The first-order valence-corrected chi connectivity index (χ1v) is 5.52. The van der Waals surface area contributed by atoms with Gasteiger partial charge in [0.15, 0.2) is 0 Å². The van der Waals surface area contributed by atoms with Crippen molar-refractivity contribution in [3.63, 3.8) is 0 Å². The van der Waals surface area contributed by atoms with Crippen LogP contribution in [0.3, 0.4) is 0 Å². The van der Waals surface area contributed by atoms with E-state index in [4.69, 9.17) is 11.6 Å². The van der Waals surface area contributed by atoms with Crippen LogP contribution in [0.15, 0.2) is 12.1 Å². The van der Waals surface area contributed by atoms with E-state index in [9.17, 15) is 0 Å². The molecule has 0 spiro atoms. The second-order valence-corrected chi connectivity index (χ2v) is 4.01. The van der Waals surface area contributed by atoms with Crippen molar-refractivity contribution in [2.45, 2.75) is 27.2 Å². The standard InChI is InChI=1S/C12H18ClN/c1-9-6-11(3)12(7-10(9)2)4-5-14-8-13/h6-7,14H,4-5,8H2,1-3H3. The Kier molecular flexibility index (Phi) is 4.43. The maximum absolute atomic E-state index is 5.55. The predicted octanol–water partition coefficient (Wildman–Crippen LogP) is 2.94. The summed E-state index contributed by atoms with van der Waals surface area (Å²) < 4.78 is 0. The monoisotopic (exact) mass is 211 g/mol. The third kappa shape index (κ3) is 3.00. The fourth-order valence-electron chi connectivity index (χ4n) is 1.58. The molecule has 0 amide bonds. The summed E-state index contributed by atoms with van der Waals surface area (Å²) in [5.41, 5.74) is 5.54. The Labute approximate surface area is 91.5 Å². The van der Waals surface area contributed by atoms with Crippen molar-refractivity contribution in [3.8, 4) is 0 Å². The number of hydrogen-bond acceptors (Lipinski definition) is 1. The smallest absolute Gasteiger partial charge is 0.0713 e. The van der Waals surface area contributed by atoms with E-state index in [2.05, 4.69) is 38.2 Å². The van der Waals surface area contributed by atoms with Gasteiger partial charge in [-0.25, -0.2) is 0 Å². The summed E-state index contributed by atoms with van der Waals surface area (Å²) in [4.78, 5) is 0. The molecule has 1 aromatic carbocycles. The molecule has 14 heavy (non-hydrogen) atoms. The van der Waals surface area contributed by atoms with Crippen LogP contribution < -0.4 is 5.32 Å². The maximum atomic E-state index is 5.55. The zero-order valence-electron chi connectivity index (χ0n) is 9.15. The van der Waals surface area contributed by atoms with E-state index in [-0.39, 0.29) is 0 Å². The highest BCUT2D eigenvalue weighted by molar-refractivity contribution is 6.17. The average molecular weight is 212 g/mol. The van der Waals surface area contributed by atoms with Gasteiger partial charge in [-0.15, -0.1) is 11.6 Å². The van der Waals surface area contributed by atoms with Crippen molar-refractivity contribution in [1.29, 1.82) is 0 Å². The summed E-state index contributed by atoms with van der Waals surface area (Å²) in [6.45, 7) is 7.44. The first-order chi connectivity index (χ1) is 6.65. The summed E-state index contributed by atoms with van der Waals surface area (Å²) in [6, 6.07) is 5.07. The number of benzene rings is 1. The Morgan fingerprint density at radius 2 is 1.71 bits per heavy atom. The van der Waals surface area contributed by atoms with Crippen molar-refractivity contribution in [1.82, 2.24) is 5.32 Å². The Morgan fingerprint density at radius 1 is 1.07 bits per heavy atom. The molecule has 78 valence electrons. The van der Waals surface area contributed by atoms with Crippen molar-refractivity contribution in [2.75, 3.05) is 12.5 Å². The van der Waals surface area contributed by atoms with E-state index in [0.29, 0.717) is 6.00 Å². The zero-order chi connectivity index (χ0) is 10.6. The van der Waals surface area contributed by atoms with E-state index in [1.807, 2.05) is 0 Å². The van der Waals surface area contributed by atoms with Crippen molar-refractivity contribution < 1.29 is 0 Å². The molecule has 0 atom stereocenters. The third-order valence-electron chi connectivity index (χ3n) is 2.62. The molecule has 0 unspecified atom stereocenters. The molecule has 2 heteroatoms. The fraction of sp³-hybridized carbons (Fsp3) is 0.500. The van der Waals surface area contributed by atoms with Gasteiger partial charge in [0.25, 0.3) is 0 Å². The van der Waals surface area contributed by atoms with E-state index < -0.39 is 0 Å². The Balaban J connectivity index is 2.72. The lowest BCUT2D eigenvalue weighted by atomic mass is 9.99. The molecule has 0 aromatic heterocycles. The van der Waals surface area contributed by atoms with E-state index in [1.165, 1.54) is 22.3 Å². The Bertz CT molecular complexity index is 307. The van der Waals surface area contributed by atoms with E-state index in [1.54, 1.807) is 0 Å². The van der Waals surface area contributed by atoms with Gasteiger partial charge in [-0.05, 0) is 49.4 Å². The lowest BCUT2D eigenvalue weighted by Crippen LogP contribution is -2.15. The summed E-state index contributed by atoms with van der Waals surface area (Å²) in [5, 5.41) is 3.12. The minimum atomic E-state index is 0.532. The molecule has 1 N–H and O–H groups in total. The lowest BCUT2D eigenvalue weighted by Gasteiger charge is -2.09. The molecule has 1 aromatic rings. The number of halogens is 1. The van der Waals surface area contributed by atoms with Crippen molar-refractivity contribution in [2.24, 2.45) is 0 Å². The number of nitrogens with one attached hydrogen (secondary N) is 1. The van der Waals surface area contributed by atoms with Crippen LogP contribution in [0.5, 0.6) is 0 Å². The molecule has 0 radical (unpaired) electrons. The summed E-state index contributed by atoms with van der Waals surface area (Å²) >= 11 is 5.55. The number of aryl methyl sites for hydroxylation is 3. The molecule has 0 heterocycles. The van der Waals surface area contributed by atoms with Crippen LogP contribution in [0.4, 0.5) is 0 Å². The van der Waals surface area contributed by atoms with Gasteiger partial charge >= 0.3 is 0 Å². The van der Waals surface area contributed by atoms with Gasteiger partial charge < -0.3 is 5.32 Å². The van der Waals surface area contributed by atoms with Gasteiger partial charge in [0.05, 0.1) is 6.00 Å². The quantitative estimate of drug-likeness (QED) is 0.459. The SMILES string of the molecule is Cc1cc(C)c(CCNCCl)cc1C. The Hall–Kier alpha value is -0.530. The summed E-state index contributed by atoms with van der Waals surface area (Å²) in [7, 11) is 0. The second kappa shape index (κ2) is 5.38. The van der Waals surface area contributed by atoms with Crippen molar-refractivity contribution in [3.05, 3.63) is 34.4 Å². The second-order valence-electron chi connectivity index (χ2n) is 3.75. The molecule has 0 fully saturated rings. The first-order valence-electron chi connectivity index (χ1n) is 4.98. The highest BCUT2D eigenvalue weighted by Crippen LogP contribution is 2.15. The molecule has 1 rings (SSSR count). The van der Waals surface area contributed by atoms with Gasteiger partial charge in [0, 0.05) is 6.54 Å². The minimum Gasteiger partial charge on any atom is -0.304 e. The third-order valence-corrected chi connectivity index (χ3v) is 2.81. The average Bonchev–Trinajstić information content (AvgIpc) is 2.14. The van der Waals surface area contributed by atoms with Crippen LogP contribution in [0, 0.1) is 20.8 Å². The molecular formula is C12H18ClN. The molecule has 0 saturated heterocycles. The van der Waals surface area contributed by atoms with Crippen molar-refractivity contribution >= 4 is 11.6 Å².